The van der Waals surface area contributed by atoms with Gasteiger partial charge in [-0.05, 0) is 26.7 Å². The first-order valence-electron chi connectivity index (χ1n) is 7.22. The lowest BCUT2D eigenvalue weighted by Gasteiger charge is -2.27. The molecular formula is C14H23BrN2O4. The number of aliphatic hydroxyl groups is 1. The van der Waals surface area contributed by atoms with E-state index in [9.17, 15) is 14.7 Å². The fraction of sp³-hybridized carbons (Fsp3) is 0.857. The molecule has 0 saturated carbocycles. The Bertz CT molecular complexity index is 424. The third-order valence-electron chi connectivity index (χ3n) is 3.77. The Balaban J connectivity index is 1.98. The lowest BCUT2D eigenvalue weighted by molar-refractivity contribution is -0.131. The van der Waals surface area contributed by atoms with E-state index in [1.807, 2.05) is 0 Å². The van der Waals surface area contributed by atoms with E-state index in [1.165, 1.54) is 4.90 Å². The molecule has 3 atom stereocenters. The Hall–Kier alpha value is -0.820. The first kappa shape index (κ1) is 16.5. The summed E-state index contributed by atoms with van der Waals surface area (Å²) in [6, 6.07) is -0.325. The highest BCUT2D eigenvalue weighted by atomic mass is 79.9. The van der Waals surface area contributed by atoms with Crippen LogP contribution in [-0.2, 0) is 9.53 Å². The molecule has 0 aromatic carbocycles. The van der Waals surface area contributed by atoms with E-state index in [1.54, 1.807) is 25.7 Å². The van der Waals surface area contributed by atoms with E-state index in [0.29, 0.717) is 19.5 Å². The first-order chi connectivity index (χ1) is 9.71. The maximum Gasteiger partial charge on any atom is 0.410 e. The molecule has 2 saturated heterocycles. The van der Waals surface area contributed by atoms with Crippen LogP contribution >= 0.6 is 15.9 Å². The third kappa shape index (κ3) is 3.88. The minimum Gasteiger partial charge on any atom is -0.444 e. The molecule has 2 heterocycles. The lowest BCUT2D eigenvalue weighted by atomic mass is 10.1. The van der Waals surface area contributed by atoms with Crippen molar-refractivity contribution in [2.24, 2.45) is 5.92 Å². The number of carbonyl (C=O) groups excluding carboxylic acids is 2. The van der Waals surface area contributed by atoms with Gasteiger partial charge in [-0.25, -0.2) is 4.79 Å². The number of halogens is 1. The molecule has 0 aromatic rings. The summed E-state index contributed by atoms with van der Waals surface area (Å²) >= 11 is 3.40. The number of aliphatic hydroxyl groups excluding tert-OH is 1. The number of likely N-dealkylation sites (tertiary alicyclic amines) is 2. The standard InChI is InChI=1S/C14H23BrN2O4/c1-14(2,3)21-13(20)16-7-10(11(18)8-16)17-6-9(5-15)4-12(17)19/h9-11,18H,4-8H2,1-3H3. The van der Waals surface area contributed by atoms with Gasteiger partial charge in [-0.2, -0.15) is 0 Å². The number of hydrogen-bond acceptors (Lipinski definition) is 4. The number of alkyl halides is 1. The van der Waals surface area contributed by atoms with Crippen molar-refractivity contribution in [1.29, 1.82) is 0 Å². The SMILES string of the molecule is CC(C)(C)OC(=O)N1CC(O)C(N2CC(CBr)CC2=O)C1. The monoisotopic (exact) mass is 362 g/mol. The van der Waals surface area contributed by atoms with Crippen LogP contribution in [0.25, 0.3) is 0 Å². The highest BCUT2D eigenvalue weighted by Crippen LogP contribution is 2.27. The van der Waals surface area contributed by atoms with Crippen LogP contribution in [0.2, 0.25) is 0 Å². The minimum absolute atomic E-state index is 0.0505. The Morgan fingerprint density at radius 2 is 2.05 bits per heavy atom. The predicted octanol–water partition coefficient (Wildman–Crippen LogP) is 1.21. The Morgan fingerprint density at radius 3 is 2.57 bits per heavy atom. The van der Waals surface area contributed by atoms with Crippen LogP contribution in [0.3, 0.4) is 0 Å². The summed E-state index contributed by atoms with van der Waals surface area (Å²) in [6.45, 7) is 6.59. The summed E-state index contributed by atoms with van der Waals surface area (Å²) < 4.78 is 5.32. The highest BCUT2D eigenvalue weighted by Gasteiger charge is 2.43. The largest absolute Gasteiger partial charge is 0.444 e. The molecule has 0 aliphatic carbocycles. The van der Waals surface area contributed by atoms with Crippen LogP contribution in [0.4, 0.5) is 4.79 Å². The van der Waals surface area contributed by atoms with Crippen molar-refractivity contribution in [2.75, 3.05) is 25.0 Å². The van der Waals surface area contributed by atoms with Gasteiger partial charge in [0, 0.05) is 24.8 Å². The molecule has 6 nitrogen and oxygen atoms in total. The van der Waals surface area contributed by atoms with Crippen molar-refractivity contribution in [3.8, 4) is 0 Å². The van der Waals surface area contributed by atoms with Gasteiger partial charge in [-0.1, -0.05) is 15.9 Å². The normalized spacial score (nSPS) is 30.1. The summed E-state index contributed by atoms with van der Waals surface area (Å²) in [6.07, 6.45) is -0.649. The lowest BCUT2D eigenvalue weighted by Crippen LogP contribution is -2.44. The van der Waals surface area contributed by atoms with Gasteiger partial charge in [0.15, 0.2) is 0 Å². The summed E-state index contributed by atoms with van der Waals surface area (Å²) in [7, 11) is 0. The van der Waals surface area contributed by atoms with Crippen molar-refractivity contribution in [3.05, 3.63) is 0 Å². The molecule has 7 heteroatoms. The van der Waals surface area contributed by atoms with Crippen LogP contribution in [0, 0.1) is 5.92 Å². The molecule has 0 radical (unpaired) electrons. The van der Waals surface area contributed by atoms with Gasteiger partial charge < -0.3 is 19.6 Å². The Morgan fingerprint density at radius 1 is 1.38 bits per heavy atom. The second kappa shape index (κ2) is 6.12. The van der Waals surface area contributed by atoms with E-state index in [-0.39, 0.29) is 24.4 Å². The summed E-state index contributed by atoms with van der Waals surface area (Å²) in [5.74, 6) is 0.329. The average molecular weight is 363 g/mol. The molecule has 2 aliphatic rings. The second-order valence-corrected chi connectivity index (χ2v) is 7.44. The minimum atomic E-state index is -0.712. The van der Waals surface area contributed by atoms with Crippen LogP contribution in [-0.4, -0.2) is 69.6 Å². The van der Waals surface area contributed by atoms with E-state index in [4.69, 9.17) is 4.74 Å². The number of amides is 2. The highest BCUT2D eigenvalue weighted by molar-refractivity contribution is 9.09. The number of rotatable bonds is 2. The van der Waals surface area contributed by atoms with Gasteiger partial charge >= 0.3 is 6.09 Å². The number of nitrogens with zero attached hydrogens (tertiary/aromatic N) is 2. The second-order valence-electron chi connectivity index (χ2n) is 6.79. The molecule has 2 aliphatic heterocycles. The maximum absolute atomic E-state index is 12.1. The molecule has 0 bridgehead atoms. The molecular weight excluding hydrogens is 340 g/mol. The third-order valence-corrected chi connectivity index (χ3v) is 4.68. The summed E-state index contributed by atoms with van der Waals surface area (Å²) in [4.78, 5) is 27.3. The average Bonchev–Trinajstić information content (AvgIpc) is 2.90. The van der Waals surface area contributed by atoms with Gasteiger partial charge in [-0.3, -0.25) is 4.79 Å². The Labute approximate surface area is 133 Å². The van der Waals surface area contributed by atoms with Crippen LogP contribution in [0.1, 0.15) is 27.2 Å². The molecule has 1 N–H and O–H groups in total. The Kier molecular flexibility index (Phi) is 4.82. The molecule has 2 fully saturated rings. The molecule has 2 amide bonds. The van der Waals surface area contributed by atoms with Crippen molar-refractivity contribution in [1.82, 2.24) is 9.80 Å². The van der Waals surface area contributed by atoms with Crippen molar-refractivity contribution in [2.45, 2.75) is 44.9 Å². The van der Waals surface area contributed by atoms with E-state index >= 15 is 0 Å². The molecule has 120 valence electrons. The quantitative estimate of drug-likeness (QED) is 0.749. The number of carbonyl (C=O) groups is 2. The zero-order valence-electron chi connectivity index (χ0n) is 12.7. The zero-order chi connectivity index (χ0) is 15.8. The van der Waals surface area contributed by atoms with Gasteiger partial charge in [-0.15, -0.1) is 0 Å². The van der Waals surface area contributed by atoms with Gasteiger partial charge in [0.2, 0.25) is 5.91 Å². The fourth-order valence-electron chi connectivity index (χ4n) is 2.78. The molecule has 0 spiro atoms. The van der Waals surface area contributed by atoms with Crippen LogP contribution < -0.4 is 0 Å². The smallest absolute Gasteiger partial charge is 0.410 e. The van der Waals surface area contributed by atoms with E-state index in [2.05, 4.69) is 15.9 Å². The van der Waals surface area contributed by atoms with E-state index in [0.717, 1.165) is 5.33 Å². The summed E-state index contributed by atoms with van der Waals surface area (Å²) in [5.41, 5.74) is -0.565. The molecule has 2 rings (SSSR count). The van der Waals surface area contributed by atoms with E-state index < -0.39 is 17.8 Å². The molecule has 21 heavy (non-hydrogen) atoms. The van der Waals surface area contributed by atoms with Gasteiger partial charge in [0.1, 0.15) is 5.60 Å². The molecule has 0 aromatic heterocycles. The topological polar surface area (TPSA) is 70.1 Å². The molecule has 3 unspecified atom stereocenters. The number of hydrogen-bond donors (Lipinski definition) is 1. The van der Waals surface area contributed by atoms with Crippen molar-refractivity contribution >= 4 is 27.9 Å². The van der Waals surface area contributed by atoms with Gasteiger partial charge in [0.25, 0.3) is 0 Å². The van der Waals surface area contributed by atoms with Gasteiger partial charge in [0.05, 0.1) is 18.7 Å². The zero-order valence-corrected chi connectivity index (χ0v) is 14.3. The van der Waals surface area contributed by atoms with Crippen LogP contribution in [0.15, 0.2) is 0 Å². The van der Waals surface area contributed by atoms with Crippen molar-refractivity contribution in [3.63, 3.8) is 0 Å². The number of ether oxygens (including phenoxy) is 1. The maximum atomic E-state index is 12.1. The fourth-order valence-corrected chi connectivity index (χ4v) is 3.22. The van der Waals surface area contributed by atoms with Crippen molar-refractivity contribution < 1.29 is 19.4 Å². The predicted molar refractivity (Wildman–Crippen MR) is 81.2 cm³/mol. The summed E-state index contributed by atoms with van der Waals surface area (Å²) in [5, 5.41) is 11.0. The van der Waals surface area contributed by atoms with Crippen LogP contribution in [0.5, 0.6) is 0 Å². The first-order valence-corrected chi connectivity index (χ1v) is 8.35. The number of β-amino-alcohol motifs (C(OH)–C–C–N with tert-alkyl or cyclic N) is 1.